The van der Waals surface area contributed by atoms with Crippen LogP contribution in [0.15, 0.2) is 16.5 Å². The molecule has 0 aliphatic rings. The van der Waals surface area contributed by atoms with Crippen molar-refractivity contribution in [2.45, 2.75) is 19.4 Å². The molecule has 0 aliphatic heterocycles. The Balaban J connectivity index is 2.60. The summed E-state index contributed by atoms with van der Waals surface area (Å²) in [7, 11) is 0. The summed E-state index contributed by atoms with van der Waals surface area (Å²) < 4.78 is 5.19. The van der Waals surface area contributed by atoms with E-state index >= 15 is 0 Å². The van der Waals surface area contributed by atoms with Crippen LogP contribution in [0, 0.1) is 6.92 Å². The van der Waals surface area contributed by atoms with Gasteiger partial charge in [0.1, 0.15) is 17.6 Å². The summed E-state index contributed by atoms with van der Waals surface area (Å²) in [6.45, 7) is 2.32. The molecule has 0 radical (unpaired) electrons. The summed E-state index contributed by atoms with van der Waals surface area (Å²) in [4.78, 5) is 0. The molecule has 1 aromatic rings. The van der Waals surface area contributed by atoms with Gasteiger partial charge in [-0.3, -0.25) is 0 Å². The number of aryl methyl sites for hydroxylation is 1. The van der Waals surface area contributed by atoms with E-state index in [1.807, 2.05) is 13.0 Å². The second-order valence-corrected chi connectivity index (χ2v) is 2.54. The van der Waals surface area contributed by atoms with Crippen LogP contribution in [0.25, 0.3) is 0 Å². The van der Waals surface area contributed by atoms with Crippen molar-refractivity contribution < 1.29 is 9.52 Å². The van der Waals surface area contributed by atoms with Crippen molar-refractivity contribution >= 4 is 0 Å². The Kier molecular flexibility index (Phi) is 2.68. The third-order valence-electron chi connectivity index (χ3n) is 1.53. The molecule has 0 saturated carbocycles. The highest BCUT2D eigenvalue weighted by atomic mass is 16.4. The number of nitrogens with two attached hydrogens (primary N) is 1. The highest BCUT2D eigenvalue weighted by Crippen LogP contribution is 2.17. The van der Waals surface area contributed by atoms with Crippen LogP contribution in [0.1, 0.15) is 24.0 Å². The van der Waals surface area contributed by atoms with Gasteiger partial charge in [-0.1, -0.05) is 0 Å². The van der Waals surface area contributed by atoms with E-state index in [9.17, 15) is 5.11 Å². The molecule has 0 fully saturated rings. The molecule has 0 aromatic carbocycles. The molecule has 0 aliphatic carbocycles. The van der Waals surface area contributed by atoms with Crippen LogP contribution in [0.4, 0.5) is 0 Å². The third kappa shape index (κ3) is 2.06. The van der Waals surface area contributed by atoms with Crippen LogP contribution in [-0.4, -0.2) is 11.7 Å². The topological polar surface area (TPSA) is 59.4 Å². The van der Waals surface area contributed by atoms with E-state index in [1.165, 1.54) is 0 Å². The number of aliphatic hydroxyl groups is 1. The minimum atomic E-state index is -0.548. The minimum absolute atomic E-state index is 0.473. The Morgan fingerprint density at radius 2 is 2.36 bits per heavy atom. The lowest BCUT2D eigenvalue weighted by Crippen LogP contribution is -2.05. The fourth-order valence-corrected chi connectivity index (χ4v) is 0.933. The van der Waals surface area contributed by atoms with E-state index in [0.29, 0.717) is 18.7 Å². The Morgan fingerprint density at radius 1 is 1.64 bits per heavy atom. The first-order chi connectivity index (χ1) is 5.24. The summed E-state index contributed by atoms with van der Waals surface area (Å²) in [6.07, 6.45) is 0.00106. The predicted molar refractivity (Wildman–Crippen MR) is 42.1 cm³/mol. The summed E-state index contributed by atoms with van der Waals surface area (Å²) in [5.74, 6) is 1.42. The van der Waals surface area contributed by atoms with Crippen LogP contribution in [-0.2, 0) is 0 Å². The molecule has 3 N–H and O–H groups in total. The molecule has 1 aromatic heterocycles. The van der Waals surface area contributed by atoms with Crippen LogP contribution in [0.5, 0.6) is 0 Å². The highest BCUT2D eigenvalue weighted by molar-refractivity contribution is 5.07. The molecule has 0 saturated heterocycles. The molecule has 1 heterocycles. The maximum absolute atomic E-state index is 9.36. The smallest absolute Gasteiger partial charge is 0.132 e. The van der Waals surface area contributed by atoms with Crippen LogP contribution < -0.4 is 5.73 Å². The molecule has 1 atom stereocenters. The minimum Gasteiger partial charge on any atom is -0.464 e. The van der Waals surface area contributed by atoms with Crippen LogP contribution in [0.2, 0.25) is 0 Å². The van der Waals surface area contributed by atoms with Crippen molar-refractivity contribution in [2.75, 3.05) is 6.54 Å². The van der Waals surface area contributed by atoms with Gasteiger partial charge in [-0.25, -0.2) is 0 Å². The number of furan rings is 1. The zero-order chi connectivity index (χ0) is 8.27. The zero-order valence-corrected chi connectivity index (χ0v) is 6.58. The van der Waals surface area contributed by atoms with E-state index in [2.05, 4.69) is 0 Å². The van der Waals surface area contributed by atoms with Crippen molar-refractivity contribution in [2.24, 2.45) is 5.73 Å². The SMILES string of the molecule is Cc1ccc(C(O)CCN)o1. The fourth-order valence-electron chi connectivity index (χ4n) is 0.933. The van der Waals surface area contributed by atoms with Crippen molar-refractivity contribution in [3.05, 3.63) is 23.7 Å². The Labute approximate surface area is 65.8 Å². The maximum atomic E-state index is 9.36. The van der Waals surface area contributed by atoms with Gasteiger partial charge in [0.2, 0.25) is 0 Å². The van der Waals surface area contributed by atoms with Crippen molar-refractivity contribution in [3.8, 4) is 0 Å². The predicted octanol–water partition coefficient (Wildman–Crippen LogP) is 0.970. The van der Waals surface area contributed by atoms with Crippen LogP contribution in [0.3, 0.4) is 0 Å². The molecule has 0 bridgehead atoms. The Hall–Kier alpha value is -0.800. The lowest BCUT2D eigenvalue weighted by atomic mass is 10.2. The van der Waals surface area contributed by atoms with Gasteiger partial charge in [0.05, 0.1) is 0 Å². The number of aliphatic hydroxyl groups excluding tert-OH is 1. The van der Waals surface area contributed by atoms with E-state index in [-0.39, 0.29) is 0 Å². The molecule has 62 valence electrons. The second-order valence-electron chi connectivity index (χ2n) is 2.54. The average Bonchev–Trinajstić information content (AvgIpc) is 2.36. The van der Waals surface area contributed by atoms with Gasteiger partial charge in [-0.2, -0.15) is 0 Å². The fraction of sp³-hybridized carbons (Fsp3) is 0.500. The molecular formula is C8H13NO2. The largest absolute Gasteiger partial charge is 0.464 e. The van der Waals surface area contributed by atoms with Gasteiger partial charge in [0.25, 0.3) is 0 Å². The lowest BCUT2D eigenvalue weighted by Gasteiger charge is -2.03. The first-order valence-electron chi connectivity index (χ1n) is 3.68. The van der Waals surface area contributed by atoms with E-state index in [4.69, 9.17) is 10.2 Å². The Bertz CT molecular complexity index is 220. The maximum Gasteiger partial charge on any atom is 0.132 e. The third-order valence-corrected chi connectivity index (χ3v) is 1.53. The van der Waals surface area contributed by atoms with Gasteiger partial charge in [0.15, 0.2) is 0 Å². The molecule has 1 unspecified atom stereocenters. The van der Waals surface area contributed by atoms with Gasteiger partial charge in [0, 0.05) is 0 Å². The summed E-state index contributed by atoms with van der Waals surface area (Å²) in [6, 6.07) is 3.60. The van der Waals surface area contributed by atoms with E-state index in [1.54, 1.807) is 6.07 Å². The average molecular weight is 155 g/mol. The Morgan fingerprint density at radius 3 is 2.82 bits per heavy atom. The van der Waals surface area contributed by atoms with Gasteiger partial charge >= 0.3 is 0 Å². The zero-order valence-electron chi connectivity index (χ0n) is 6.58. The van der Waals surface area contributed by atoms with Crippen molar-refractivity contribution in [1.29, 1.82) is 0 Å². The van der Waals surface area contributed by atoms with E-state index in [0.717, 1.165) is 5.76 Å². The molecule has 0 spiro atoms. The molecule has 0 amide bonds. The number of hydrogen-bond donors (Lipinski definition) is 2. The molecule has 11 heavy (non-hydrogen) atoms. The number of rotatable bonds is 3. The second kappa shape index (κ2) is 3.55. The van der Waals surface area contributed by atoms with Gasteiger partial charge in [-0.15, -0.1) is 0 Å². The standard InChI is InChI=1S/C8H13NO2/c1-6-2-3-8(11-6)7(10)4-5-9/h2-3,7,10H,4-5,9H2,1H3. The van der Waals surface area contributed by atoms with Gasteiger partial charge < -0.3 is 15.3 Å². The highest BCUT2D eigenvalue weighted by Gasteiger charge is 2.09. The number of hydrogen-bond acceptors (Lipinski definition) is 3. The monoisotopic (exact) mass is 155 g/mol. The van der Waals surface area contributed by atoms with Crippen molar-refractivity contribution in [1.82, 2.24) is 0 Å². The summed E-state index contributed by atoms with van der Waals surface area (Å²) >= 11 is 0. The lowest BCUT2D eigenvalue weighted by molar-refractivity contribution is 0.141. The first kappa shape index (κ1) is 8.30. The molecular weight excluding hydrogens is 142 g/mol. The molecule has 3 nitrogen and oxygen atoms in total. The normalized spacial score (nSPS) is 13.4. The van der Waals surface area contributed by atoms with E-state index < -0.39 is 6.10 Å². The summed E-state index contributed by atoms with van der Waals surface area (Å²) in [5, 5.41) is 9.36. The molecule has 3 heteroatoms. The summed E-state index contributed by atoms with van der Waals surface area (Å²) in [5.41, 5.74) is 5.27. The van der Waals surface area contributed by atoms with Gasteiger partial charge in [-0.05, 0) is 32.0 Å². The molecule has 1 rings (SSSR count). The quantitative estimate of drug-likeness (QED) is 0.683. The van der Waals surface area contributed by atoms with Crippen LogP contribution >= 0.6 is 0 Å². The first-order valence-corrected chi connectivity index (χ1v) is 3.68. The van der Waals surface area contributed by atoms with Crippen molar-refractivity contribution in [3.63, 3.8) is 0 Å².